The van der Waals surface area contributed by atoms with E-state index in [0.717, 1.165) is 28.5 Å². The van der Waals surface area contributed by atoms with E-state index >= 15 is 0 Å². The van der Waals surface area contributed by atoms with Gasteiger partial charge in [0.1, 0.15) is 5.75 Å². The average Bonchev–Trinajstić information content (AvgIpc) is 2.47. The van der Waals surface area contributed by atoms with Crippen molar-refractivity contribution in [3.63, 3.8) is 0 Å². The van der Waals surface area contributed by atoms with Crippen molar-refractivity contribution in [3.8, 4) is 5.75 Å². The Morgan fingerprint density at radius 2 is 2.10 bits per heavy atom. The average molecular weight is 308 g/mol. The van der Waals surface area contributed by atoms with Crippen LogP contribution in [0.3, 0.4) is 0 Å². The van der Waals surface area contributed by atoms with Crippen LogP contribution in [0.15, 0.2) is 36.4 Å². The summed E-state index contributed by atoms with van der Waals surface area (Å²) in [5.74, 6) is 0.832. The second-order valence-corrected chi connectivity index (χ2v) is 4.75. The van der Waals surface area contributed by atoms with Crippen LogP contribution in [0.4, 0.5) is 4.79 Å². The van der Waals surface area contributed by atoms with Crippen molar-refractivity contribution in [1.82, 2.24) is 5.32 Å². The number of nitrogens with one attached hydrogen (secondary N) is 1. The topological polar surface area (TPSA) is 47.6 Å². The highest BCUT2D eigenvalue weighted by Gasteiger charge is 2.25. The summed E-state index contributed by atoms with van der Waals surface area (Å²) in [7, 11) is 0. The van der Waals surface area contributed by atoms with Gasteiger partial charge in [0, 0.05) is 12.0 Å². The van der Waals surface area contributed by atoms with Gasteiger partial charge in [0.15, 0.2) is 0 Å². The maximum absolute atomic E-state index is 11.5. The van der Waals surface area contributed by atoms with Crippen LogP contribution < -0.4 is 10.1 Å². The van der Waals surface area contributed by atoms with Gasteiger partial charge in [-0.05, 0) is 23.8 Å². The number of fused-ring (bicyclic) bond motifs is 1. The number of hydrogen-bond donors (Lipinski definition) is 1. The third-order valence-corrected chi connectivity index (χ3v) is 3.51. The van der Waals surface area contributed by atoms with Crippen LogP contribution in [-0.4, -0.2) is 19.3 Å². The lowest BCUT2D eigenvalue weighted by molar-refractivity contribution is 0.115. The summed E-state index contributed by atoms with van der Waals surface area (Å²) >= 11 is 0. The largest absolute Gasteiger partial charge is 0.493 e. The van der Waals surface area contributed by atoms with Crippen LogP contribution in [-0.2, 0) is 4.74 Å². The summed E-state index contributed by atoms with van der Waals surface area (Å²) in [4.78, 5) is 11.5. The lowest BCUT2D eigenvalue weighted by Crippen LogP contribution is -2.35. The van der Waals surface area contributed by atoms with E-state index in [0.29, 0.717) is 13.2 Å². The molecule has 1 aliphatic rings. The van der Waals surface area contributed by atoms with Gasteiger partial charge in [-0.3, -0.25) is 0 Å². The molecule has 2 aromatic rings. The molecule has 0 saturated carbocycles. The first-order valence-corrected chi connectivity index (χ1v) is 6.87. The predicted octanol–water partition coefficient (Wildman–Crippen LogP) is 3.83. The number of carbonyl (C=O) groups excluding carboxylic acids is 1. The predicted molar refractivity (Wildman–Crippen MR) is 84.2 cm³/mol. The van der Waals surface area contributed by atoms with E-state index in [-0.39, 0.29) is 24.5 Å². The Morgan fingerprint density at radius 3 is 2.86 bits per heavy atom. The van der Waals surface area contributed by atoms with E-state index in [1.807, 2.05) is 31.2 Å². The zero-order chi connectivity index (χ0) is 13.9. The fourth-order valence-corrected chi connectivity index (χ4v) is 2.66. The molecular formula is C16H18ClNO3. The first kappa shape index (κ1) is 15.4. The SMILES string of the molecule is CCOc1ccc2ccccc2c1[C@H]1CCOC(=O)N1.Cl. The summed E-state index contributed by atoms with van der Waals surface area (Å²) < 4.78 is 10.7. The third kappa shape index (κ3) is 3.05. The molecule has 1 saturated heterocycles. The van der Waals surface area contributed by atoms with Crippen LogP contribution in [0.25, 0.3) is 10.8 Å². The number of halogens is 1. The fraction of sp³-hybridized carbons (Fsp3) is 0.312. The maximum atomic E-state index is 11.5. The Hall–Kier alpha value is -1.94. The molecule has 1 atom stereocenters. The van der Waals surface area contributed by atoms with Crippen LogP contribution in [0.1, 0.15) is 24.9 Å². The fourth-order valence-electron chi connectivity index (χ4n) is 2.66. The van der Waals surface area contributed by atoms with E-state index in [1.54, 1.807) is 0 Å². The molecule has 3 rings (SSSR count). The smallest absolute Gasteiger partial charge is 0.407 e. The van der Waals surface area contributed by atoms with E-state index < -0.39 is 0 Å². The number of alkyl carbamates (subject to hydrolysis) is 1. The number of cyclic esters (lactones) is 1. The summed E-state index contributed by atoms with van der Waals surface area (Å²) in [5, 5.41) is 5.14. The van der Waals surface area contributed by atoms with Crippen molar-refractivity contribution < 1.29 is 14.3 Å². The monoisotopic (exact) mass is 307 g/mol. The zero-order valence-corrected chi connectivity index (χ0v) is 12.6. The minimum atomic E-state index is -0.364. The molecule has 112 valence electrons. The molecule has 21 heavy (non-hydrogen) atoms. The van der Waals surface area contributed by atoms with Gasteiger partial charge in [0.2, 0.25) is 0 Å². The van der Waals surface area contributed by atoms with Crippen molar-refractivity contribution in [1.29, 1.82) is 0 Å². The molecule has 0 spiro atoms. The first-order chi connectivity index (χ1) is 9.79. The zero-order valence-electron chi connectivity index (χ0n) is 11.8. The van der Waals surface area contributed by atoms with Crippen LogP contribution >= 0.6 is 12.4 Å². The quantitative estimate of drug-likeness (QED) is 0.937. The van der Waals surface area contributed by atoms with Gasteiger partial charge in [0.05, 0.1) is 19.3 Å². The van der Waals surface area contributed by atoms with Gasteiger partial charge in [-0.2, -0.15) is 0 Å². The number of hydrogen-bond acceptors (Lipinski definition) is 3. The lowest BCUT2D eigenvalue weighted by Gasteiger charge is -2.26. The lowest BCUT2D eigenvalue weighted by atomic mass is 9.95. The molecule has 0 aliphatic carbocycles. The molecule has 5 heteroatoms. The van der Waals surface area contributed by atoms with Crippen LogP contribution in [0.2, 0.25) is 0 Å². The summed E-state index contributed by atoms with van der Waals surface area (Å²) in [6.07, 6.45) is 0.386. The van der Waals surface area contributed by atoms with Gasteiger partial charge < -0.3 is 14.8 Å². The Labute approximate surface area is 129 Å². The number of carbonyl (C=O) groups is 1. The van der Waals surface area contributed by atoms with Gasteiger partial charge in [0.25, 0.3) is 0 Å². The van der Waals surface area contributed by atoms with Crippen molar-refractivity contribution in [3.05, 3.63) is 42.0 Å². The summed E-state index contributed by atoms with van der Waals surface area (Å²) in [5.41, 5.74) is 1.04. The second kappa shape index (κ2) is 6.68. The van der Waals surface area contributed by atoms with E-state index in [1.165, 1.54) is 0 Å². The summed E-state index contributed by atoms with van der Waals surface area (Å²) in [6.45, 7) is 3.00. The molecule has 1 fully saturated rings. The number of ether oxygens (including phenoxy) is 2. The van der Waals surface area contributed by atoms with E-state index in [2.05, 4.69) is 17.4 Å². The molecule has 0 unspecified atom stereocenters. The normalized spacial score (nSPS) is 17.6. The van der Waals surface area contributed by atoms with Crippen molar-refractivity contribution in [2.75, 3.05) is 13.2 Å². The number of benzene rings is 2. The Balaban J connectivity index is 0.00000161. The maximum Gasteiger partial charge on any atom is 0.407 e. The first-order valence-electron chi connectivity index (χ1n) is 6.87. The minimum absolute atomic E-state index is 0. The van der Waals surface area contributed by atoms with Gasteiger partial charge in [-0.15, -0.1) is 12.4 Å². The number of amides is 1. The Morgan fingerprint density at radius 1 is 1.29 bits per heavy atom. The third-order valence-electron chi connectivity index (χ3n) is 3.51. The van der Waals surface area contributed by atoms with E-state index in [9.17, 15) is 4.79 Å². The molecule has 1 amide bonds. The molecule has 0 radical (unpaired) electrons. The molecule has 1 heterocycles. The van der Waals surface area contributed by atoms with Crippen molar-refractivity contribution in [2.45, 2.75) is 19.4 Å². The van der Waals surface area contributed by atoms with Gasteiger partial charge in [-0.25, -0.2) is 4.79 Å². The second-order valence-electron chi connectivity index (χ2n) is 4.75. The number of rotatable bonds is 3. The molecule has 0 bridgehead atoms. The van der Waals surface area contributed by atoms with Gasteiger partial charge >= 0.3 is 6.09 Å². The minimum Gasteiger partial charge on any atom is -0.493 e. The molecule has 1 N–H and O–H groups in total. The Kier molecular flexibility index (Phi) is 4.91. The summed E-state index contributed by atoms with van der Waals surface area (Å²) in [6, 6.07) is 12.1. The van der Waals surface area contributed by atoms with E-state index in [4.69, 9.17) is 9.47 Å². The highest BCUT2D eigenvalue weighted by Crippen LogP contribution is 2.35. The highest BCUT2D eigenvalue weighted by molar-refractivity contribution is 5.89. The molecule has 4 nitrogen and oxygen atoms in total. The van der Waals surface area contributed by atoms with Crippen molar-refractivity contribution >= 4 is 29.3 Å². The molecule has 2 aromatic carbocycles. The molecule has 0 aromatic heterocycles. The molecule has 1 aliphatic heterocycles. The standard InChI is InChI=1S/C16H17NO3.ClH/c1-2-19-14-8-7-11-5-3-4-6-12(11)15(14)13-9-10-20-16(18)17-13;/h3-8,13H,2,9-10H2,1H3,(H,17,18);1H/t13-;/m1./s1. The van der Waals surface area contributed by atoms with Crippen LogP contribution in [0, 0.1) is 0 Å². The Bertz CT molecular complexity index is 644. The van der Waals surface area contributed by atoms with Gasteiger partial charge in [-0.1, -0.05) is 30.3 Å². The highest BCUT2D eigenvalue weighted by atomic mass is 35.5. The van der Waals surface area contributed by atoms with Crippen LogP contribution in [0.5, 0.6) is 5.75 Å². The van der Waals surface area contributed by atoms with Crippen molar-refractivity contribution in [2.24, 2.45) is 0 Å². The molecular weight excluding hydrogens is 290 g/mol.